The van der Waals surface area contributed by atoms with Gasteiger partial charge in [0.2, 0.25) is 11.8 Å². The normalized spacial score (nSPS) is 19.3. The SMILES string of the molecule is CN(C)c1ccc(C2SCC(=O)N2c2cccc(CN3CCN=C3c3cccc(N4C(=O)CSC4c4ccc(N(C)C)cc4)c3)c2)cc1. The predicted molar refractivity (Wildman–Crippen MR) is 202 cm³/mol. The molecule has 0 aromatic heterocycles. The summed E-state index contributed by atoms with van der Waals surface area (Å²) in [6.45, 7) is 2.20. The lowest BCUT2D eigenvalue weighted by Crippen LogP contribution is -2.30. The van der Waals surface area contributed by atoms with Crippen LogP contribution in [0.1, 0.15) is 33.0 Å². The van der Waals surface area contributed by atoms with Gasteiger partial charge in [-0.05, 0) is 65.2 Å². The fraction of sp³-hybridized carbons (Fsp3) is 0.289. The van der Waals surface area contributed by atoms with Crippen molar-refractivity contribution in [3.63, 3.8) is 0 Å². The average Bonchev–Trinajstić information content (AvgIpc) is 3.83. The van der Waals surface area contributed by atoms with Crippen LogP contribution in [0.5, 0.6) is 0 Å². The highest BCUT2D eigenvalue weighted by molar-refractivity contribution is 8.01. The molecule has 4 aromatic carbocycles. The number of amidine groups is 1. The fourth-order valence-corrected chi connectivity index (χ4v) is 8.86. The first-order valence-corrected chi connectivity index (χ1v) is 18.3. The second-order valence-corrected chi connectivity index (χ2v) is 14.8. The van der Waals surface area contributed by atoms with E-state index >= 15 is 0 Å². The molecular weight excluding hydrogens is 637 g/mol. The third-order valence-electron chi connectivity index (χ3n) is 9.00. The summed E-state index contributed by atoms with van der Waals surface area (Å²) in [6, 6.07) is 33.5. The Kier molecular flexibility index (Phi) is 9.11. The van der Waals surface area contributed by atoms with Crippen LogP contribution in [0.15, 0.2) is 102 Å². The zero-order valence-electron chi connectivity index (χ0n) is 27.7. The summed E-state index contributed by atoms with van der Waals surface area (Å²) in [7, 11) is 8.12. The second-order valence-electron chi connectivity index (χ2n) is 12.7. The fourth-order valence-electron chi connectivity index (χ4n) is 6.50. The van der Waals surface area contributed by atoms with E-state index in [4.69, 9.17) is 4.99 Å². The number of hydrogen-bond donors (Lipinski definition) is 0. The van der Waals surface area contributed by atoms with Crippen LogP contribution in [0.25, 0.3) is 0 Å². The van der Waals surface area contributed by atoms with Crippen molar-refractivity contribution in [2.24, 2.45) is 4.99 Å². The summed E-state index contributed by atoms with van der Waals surface area (Å²) in [5.74, 6) is 2.08. The summed E-state index contributed by atoms with van der Waals surface area (Å²) in [5.41, 5.74) is 8.43. The van der Waals surface area contributed by atoms with Crippen LogP contribution in [0.2, 0.25) is 0 Å². The molecule has 3 heterocycles. The minimum absolute atomic E-state index is 0.0585. The summed E-state index contributed by atoms with van der Waals surface area (Å²) < 4.78 is 0. The number of amides is 2. The van der Waals surface area contributed by atoms with Crippen LogP contribution in [-0.4, -0.2) is 75.3 Å². The summed E-state index contributed by atoms with van der Waals surface area (Å²) in [4.78, 5) is 41.6. The van der Waals surface area contributed by atoms with Crippen molar-refractivity contribution in [1.82, 2.24) is 4.90 Å². The number of thioether (sulfide) groups is 2. The Morgan fingerprint density at radius 2 is 1.21 bits per heavy atom. The van der Waals surface area contributed by atoms with E-state index < -0.39 is 0 Å². The second kappa shape index (κ2) is 13.6. The molecular formula is C38H40N6O2S2. The topological polar surface area (TPSA) is 62.7 Å². The molecule has 2 unspecified atom stereocenters. The van der Waals surface area contributed by atoms with Crippen LogP contribution in [0, 0.1) is 0 Å². The largest absolute Gasteiger partial charge is 0.378 e. The van der Waals surface area contributed by atoms with Gasteiger partial charge in [-0.2, -0.15) is 0 Å². The van der Waals surface area contributed by atoms with E-state index in [-0.39, 0.29) is 22.6 Å². The van der Waals surface area contributed by atoms with E-state index in [1.54, 1.807) is 23.5 Å². The highest BCUT2D eigenvalue weighted by atomic mass is 32.2. The average molecular weight is 677 g/mol. The molecule has 48 heavy (non-hydrogen) atoms. The summed E-state index contributed by atoms with van der Waals surface area (Å²) >= 11 is 3.34. The number of nitrogens with zero attached hydrogens (tertiary/aromatic N) is 6. The molecule has 3 aliphatic heterocycles. The zero-order chi connectivity index (χ0) is 33.4. The highest BCUT2D eigenvalue weighted by Gasteiger charge is 2.36. The van der Waals surface area contributed by atoms with E-state index in [9.17, 15) is 9.59 Å². The number of carbonyl (C=O) groups is 2. The Bertz CT molecular complexity index is 1840. The highest BCUT2D eigenvalue weighted by Crippen LogP contribution is 2.44. The van der Waals surface area contributed by atoms with Gasteiger partial charge in [0.1, 0.15) is 16.6 Å². The predicted octanol–water partition coefficient (Wildman–Crippen LogP) is 6.64. The van der Waals surface area contributed by atoms with Crippen LogP contribution in [0.3, 0.4) is 0 Å². The number of hydrogen-bond acceptors (Lipinski definition) is 8. The molecule has 0 radical (unpaired) electrons. The maximum absolute atomic E-state index is 13.2. The molecule has 2 saturated heterocycles. The van der Waals surface area contributed by atoms with Crippen LogP contribution < -0.4 is 19.6 Å². The third kappa shape index (κ3) is 6.39. The number of anilines is 4. The molecule has 3 aliphatic rings. The number of rotatable bonds is 9. The lowest BCUT2D eigenvalue weighted by atomic mass is 10.1. The van der Waals surface area contributed by atoms with Crippen molar-refractivity contribution >= 4 is 63.9 Å². The molecule has 0 N–H and O–H groups in total. The van der Waals surface area contributed by atoms with Crippen molar-refractivity contribution in [3.05, 3.63) is 119 Å². The maximum Gasteiger partial charge on any atom is 0.238 e. The number of carbonyl (C=O) groups excluding carboxylic acids is 2. The Labute approximate surface area is 291 Å². The third-order valence-corrected chi connectivity index (χ3v) is 11.4. The molecule has 246 valence electrons. The lowest BCUT2D eigenvalue weighted by molar-refractivity contribution is -0.116. The first-order valence-electron chi connectivity index (χ1n) is 16.2. The molecule has 4 aromatic rings. The molecule has 0 spiro atoms. The molecule has 2 fully saturated rings. The quantitative estimate of drug-likeness (QED) is 0.197. The van der Waals surface area contributed by atoms with Gasteiger partial charge in [0.05, 0.1) is 18.1 Å². The van der Waals surface area contributed by atoms with Gasteiger partial charge >= 0.3 is 0 Å². The van der Waals surface area contributed by atoms with Crippen molar-refractivity contribution < 1.29 is 9.59 Å². The van der Waals surface area contributed by atoms with Gasteiger partial charge in [0.15, 0.2) is 0 Å². The molecule has 8 nitrogen and oxygen atoms in total. The van der Waals surface area contributed by atoms with E-state index in [1.165, 1.54) is 0 Å². The number of benzene rings is 4. The molecule has 0 aliphatic carbocycles. The van der Waals surface area contributed by atoms with Gasteiger partial charge < -0.3 is 14.7 Å². The first kappa shape index (κ1) is 32.2. The van der Waals surface area contributed by atoms with E-state index in [0.29, 0.717) is 24.6 Å². The molecule has 10 heteroatoms. The molecule has 0 bridgehead atoms. The first-order chi connectivity index (χ1) is 23.3. The summed E-state index contributed by atoms with van der Waals surface area (Å²) in [5, 5.41) is -0.133. The Balaban J connectivity index is 1.10. The van der Waals surface area contributed by atoms with Gasteiger partial charge in [-0.1, -0.05) is 48.5 Å². The molecule has 2 amide bonds. The Hall–Kier alpha value is -4.41. The van der Waals surface area contributed by atoms with Gasteiger partial charge in [-0.3, -0.25) is 24.4 Å². The number of aliphatic imine (C=N–C) groups is 1. The standard InChI is InChI=1S/C38H40N6O2S2/c1-40(2)30-15-11-27(12-16-30)37-43(34(45)24-47-37)32-9-5-7-26(21-32)23-42-20-19-39-36(42)29-8-6-10-33(22-29)44-35(46)25-48-38(44)28-13-17-31(18-14-28)41(3)4/h5-18,21-22,37-38H,19-20,23-25H2,1-4H3. The van der Waals surface area contributed by atoms with Crippen molar-refractivity contribution in [2.45, 2.75) is 17.3 Å². The zero-order valence-corrected chi connectivity index (χ0v) is 29.4. The van der Waals surface area contributed by atoms with E-state index in [0.717, 1.165) is 57.4 Å². The minimum atomic E-state index is -0.0745. The van der Waals surface area contributed by atoms with Gasteiger partial charge in [0.25, 0.3) is 0 Å². The summed E-state index contributed by atoms with van der Waals surface area (Å²) in [6.07, 6.45) is 0. The van der Waals surface area contributed by atoms with Gasteiger partial charge in [-0.25, -0.2) is 0 Å². The molecule has 0 saturated carbocycles. The minimum Gasteiger partial charge on any atom is -0.378 e. The Morgan fingerprint density at radius 3 is 1.75 bits per heavy atom. The maximum atomic E-state index is 13.2. The Morgan fingerprint density at radius 1 is 0.688 bits per heavy atom. The van der Waals surface area contributed by atoms with Gasteiger partial charge in [0, 0.05) is 69.6 Å². The van der Waals surface area contributed by atoms with E-state index in [1.807, 2.05) is 62.3 Å². The molecule has 2 atom stereocenters. The van der Waals surface area contributed by atoms with Crippen LogP contribution in [0.4, 0.5) is 22.7 Å². The van der Waals surface area contributed by atoms with Crippen molar-refractivity contribution in [1.29, 1.82) is 0 Å². The molecule has 7 rings (SSSR count). The van der Waals surface area contributed by atoms with Gasteiger partial charge in [-0.15, -0.1) is 23.5 Å². The smallest absolute Gasteiger partial charge is 0.238 e. The lowest BCUT2D eigenvalue weighted by Gasteiger charge is -2.27. The van der Waals surface area contributed by atoms with Crippen molar-refractivity contribution in [2.75, 3.05) is 72.4 Å². The van der Waals surface area contributed by atoms with Crippen molar-refractivity contribution in [3.8, 4) is 0 Å². The monoisotopic (exact) mass is 676 g/mol. The van der Waals surface area contributed by atoms with Crippen LogP contribution >= 0.6 is 23.5 Å². The van der Waals surface area contributed by atoms with Crippen LogP contribution in [-0.2, 0) is 16.1 Å². The van der Waals surface area contributed by atoms with E-state index in [2.05, 4.69) is 87.5 Å².